The Bertz CT molecular complexity index is 167. The first-order valence-corrected chi connectivity index (χ1v) is 5.96. The Labute approximate surface area is 96.9 Å². The van der Waals surface area contributed by atoms with Crippen LogP contribution in [0.2, 0.25) is 0 Å². The molecule has 0 aliphatic carbocycles. The van der Waals surface area contributed by atoms with Crippen molar-refractivity contribution in [1.82, 2.24) is 0 Å². The van der Waals surface area contributed by atoms with E-state index in [1.54, 1.807) is 0 Å². The fourth-order valence-electron chi connectivity index (χ4n) is 0.914. The highest BCUT2D eigenvalue weighted by Gasteiger charge is 2.13. The second kappa shape index (κ2) is 10.3. The monoisotopic (exact) mass is 235 g/mol. The molecule has 2 N–H and O–H groups in total. The van der Waals surface area contributed by atoms with Gasteiger partial charge in [-0.2, -0.15) is 12.6 Å². The first kappa shape index (κ1) is 14.7. The molecule has 0 fully saturated rings. The molecule has 0 aliphatic heterocycles. The third-order valence-corrected chi connectivity index (χ3v) is 2.12. The van der Waals surface area contributed by atoms with Crippen LogP contribution in [0.5, 0.6) is 0 Å². The van der Waals surface area contributed by atoms with Crippen molar-refractivity contribution in [2.24, 2.45) is 5.73 Å². The van der Waals surface area contributed by atoms with Crippen LogP contribution in [-0.4, -0.2) is 37.6 Å². The van der Waals surface area contributed by atoms with E-state index < -0.39 is 6.04 Å². The molecule has 0 amide bonds. The van der Waals surface area contributed by atoms with Crippen LogP contribution < -0.4 is 5.73 Å². The molecule has 0 aromatic rings. The molecule has 5 heteroatoms. The van der Waals surface area contributed by atoms with Gasteiger partial charge in [-0.3, -0.25) is 4.79 Å². The number of ether oxygens (including phenoxy) is 2. The Hall–Kier alpha value is -0.260. The maximum absolute atomic E-state index is 11.2. The Kier molecular flexibility index (Phi) is 10.1. The molecule has 0 bridgehead atoms. The van der Waals surface area contributed by atoms with E-state index >= 15 is 0 Å². The highest BCUT2D eigenvalue weighted by Crippen LogP contribution is 1.94. The van der Waals surface area contributed by atoms with E-state index in [1.165, 1.54) is 0 Å². The van der Waals surface area contributed by atoms with Crippen molar-refractivity contribution in [3.8, 4) is 0 Å². The van der Waals surface area contributed by atoms with E-state index in [9.17, 15) is 4.79 Å². The lowest BCUT2D eigenvalue weighted by Crippen LogP contribution is -2.33. The number of nitrogens with two attached hydrogens (primary N) is 1. The fourth-order valence-corrected chi connectivity index (χ4v) is 1.19. The van der Waals surface area contributed by atoms with Gasteiger partial charge < -0.3 is 15.2 Å². The smallest absolute Gasteiger partial charge is 0.323 e. The summed E-state index contributed by atoms with van der Waals surface area (Å²) < 4.78 is 10.1. The van der Waals surface area contributed by atoms with Gasteiger partial charge in [-0.1, -0.05) is 13.3 Å². The minimum absolute atomic E-state index is 0.281. The van der Waals surface area contributed by atoms with Gasteiger partial charge in [0.05, 0.1) is 6.61 Å². The summed E-state index contributed by atoms with van der Waals surface area (Å²) in [4.78, 5) is 11.2. The maximum atomic E-state index is 11.2. The van der Waals surface area contributed by atoms with Gasteiger partial charge in [0.2, 0.25) is 0 Å². The highest BCUT2D eigenvalue weighted by molar-refractivity contribution is 7.80. The predicted molar refractivity (Wildman–Crippen MR) is 63.1 cm³/mol. The van der Waals surface area contributed by atoms with Crippen LogP contribution >= 0.6 is 12.6 Å². The predicted octanol–water partition coefficient (Wildman–Crippen LogP) is 0.994. The van der Waals surface area contributed by atoms with E-state index in [0.29, 0.717) is 18.8 Å². The molecule has 0 aromatic carbocycles. The molecule has 0 heterocycles. The molecule has 4 nitrogen and oxygen atoms in total. The van der Waals surface area contributed by atoms with Crippen LogP contribution in [0.4, 0.5) is 0 Å². The Balaban J connectivity index is 3.30. The van der Waals surface area contributed by atoms with E-state index in [1.807, 2.05) is 0 Å². The number of rotatable bonds is 9. The maximum Gasteiger partial charge on any atom is 0.323 e. The quantitative estimate of drug-likeness (QED) is 0.355. The molecule has 1 unspecified atom stereocenters. The van der Waals surface area contributed by atoms with Crippen molar-refractivity contribution in [2.75, 3.05) is 25.6 Å². The van der Waals surface area contributed by atoms with Crippen molar-refractivity contribution >= 4 is 18.6 Å². The average Bonchev–Trinajstić information content (AvgIpc) is 2.23. The van der Waals surface area contributed by atoms with E-state index in [-0.39, 0.29) is 12.6 Å². The molecule has 0 spiro atoms. The van der Waals surface area contributed by atoms with E-state index in [4.69, 9.17) is 15.2 Å². The van der Waals surface area contributed by atoms with E-state index in [2.05, 4.69) is 19.6 Å². The zero-order valence-electron chi connectivity index (χ0n) is 9.28. The lowest BCUT2D eigenvalue weighted by Gasteiger charge is -2.10. The normalized spacial score (nSPS) is 12.5. The summed E-state index contributed by atoms with van der Waals surface area (Å²) >= 11 is 3.99. The second-order valence-electron chi connectivity index (χ2n) is 3.25. The fraction of sp³-hybridized carbons (Fsp3) is 0.900. The molecule has 0 rings (SSSR count). The molecule has 0 saturated heterocycles. The number of esters is 1. The van der Waals surface area contributed by atoms with Crippen molar-refractivity contribution in [3.63, 3.8) is 0 Å². The third-order valence-electron chi connectivity index (χ3n) is 1.86. The van der Waals surface area contributed by atoms with Crippen molar-refractivity contribution in [1.29, 1.82) is 0 Å². The highest BCUT2D eigenvalue weighted by atomic mass is 32.1. The summed E-state index contributed by atoms with van der Waals surface area (Å²) in [6.07, 6.45) is 2.68. The SMILES string of the molecule is CCCCOCCOC(=O)C(N)CCS. The Morgan fingerprint density at radius 2 is 2.13 bits per heavy atom. The second-order valence-corrected chi connectivity index (χ2v) is 3.70. The molecule has 0 aliphatic rings. The molecule has 1 atom stereocenters. The van der Waals surface area contributed by atoms with Gasteiger partial charge in [0.1, 0.15) is 12.6 Å². The van der Waals surface area contributed by atoms with Gasteiger partial charge in [-0.25, -0.2) is 0 Å². The summed E-state index contributed by atoms with van der Waals surface area (Å²) in [5.74, 6) is 0.214. The van der Waals surface area contributed by atoms with Crippen LogP contribution in [0.25, 0.3) is 0 Å². The largest absolute Gasteiger partial charge is 0.462 e. The van der Waals surface area contributed by atoms with Gasteiger partial charge in [0.15, 0.2) is 0 Å². The molecule has 15 heavy (non-hydrogen) atoms. The zero-order chi connectivity index (χ0) is 11.5. The van der Waals surface area contributed by atoms with Gasteiger partial charge in [-0.15, -0.1) is 0 Å². The molecular weight excluding hydrogens is 214 g/mol. The number of carbonyl (C=O) groups excluding carboxylic acids is 1. The minimum Gasteiger partial charge on any atom is -0.462 e. The van der Waals surface area contributed by atoms with Crippen LogP contribution in [0.3, 0.4) is 0 Å². The standard InChI is InChI=1S/C10H21NO3S/c1-2-3-5-13-6-7-14-10(12)9(11)4-8-15/h9,15H,2-8,11H2,1H3. The lowest BCUT2D eigenvalue weighted by atomic mass is 10.2. The van der Waals surface area contributed by atoms with Gasteiger partial charge in [-0.05, 0) is 18.6 Å². The number of carbonyl (C=O) groups is 1. The van der Waals surface area contributed by atoms with Gasteiger partial charge in [0.25, 0.3) is 0 Å². The summed E-state index contributed by atoms with van der Waals surface area (Å²) in [5.41, 5.74) is 5.53. The van der Waals surface area contributed by atoms with Gasteiger partial charge >= 0.3 is 5.97 Å². The number of hydrogen-bond donors (Lipinski definition) is 2. The first-order valence-electron chi connectivity index (χ1n) is 5.33. The molecule has 0 aromatic heterocycles. The van der Waals surface area contributed by atoms with Crippen molar-refractivity contribution < 1.29 is 14.3 Å². The van der Waals surface area contributed by atoms with Crippen LogP contribution in [-0.2, 0) is 14.3 Å². The molecular formula is C10H21NO3S. The van der Waals surface area contributed by atoms with Crippen LogP contribution in [0.1, 0.15) is 26.2 Å². The molecule has 0 radical (unpaired) electrons. The van der Waals surface area contributed by atoms with Crippen LogP contribution in [0.15, 0.2) is 0 Å². The number of hydrogen-bond acceptors (Lipinski definition) is 5. The lowest BCUT2D eigenvalue weighted by molar-refractivity contribution is -0.146. The summed E-state index contributed by atoms with van der Waals surface area (Å²) in [7, 11) is 0. The summed E-state index contributed by atoms with van der Waals surface area (Å²) in [6.45, 7) is 3.54. The molecule has 90 valence electrons. The topological polar surface area (TPSA) is 61.5 Å². The molecule has 0 saturated carbocycles. The van der Waals surface area contributed by atoms with Crippen molar-refractivity contribution in [2.45, 2.75) is 32.2 Å². The summed E-state index contributed by atoms with van der Waals surface area (Å²) in [5, 5.41) is 0. The average molecular weight is 235 g/mol. The minimum atomic E-state index is -0.557. The summed E-state index contributed by atoms with van der Waals surface area (Å²) in [6, 6.07) is -0.557. The first-order chi connectivity index (χ1) is 7.22. The number of thiol groups is 1. The third kappa shape index (κ3) is 8.72. The Morgan fingerprint density at radius 1 is 1.40 bits per heavy atom. The van der Waals surface area contributed by atoms with Gasteiger partial charge in [0, 0.05) is 6.61 Å². The van der Waals surface area contributed by atoms with E-state index in [0.717, 1.165) is 19.4 Å². The van der Waals surface area contributed by atoms with Crippen LogP contribution in [0, 0.1) is 0 Å². The van der Waals surface area contributed by atoms with Crippen molar-refractivity contribution in [3.05, 3.63) is 0 Å². The Morgan fingerprint density at radius 3 is 2.73 bits per heavy atom. The number of unbranched alkanes of at least 4 members (excludes halogenated alkanes) is 1. The zero-order valence-corrected chi connectivity index (χ0v) is 10.2.